The Morgan fingerprint density at radius 3 is 2.79 bits per heavy atom. The molecule has 106 valence electrons. The van der Waals surface area contributed by atoms with Crippen molar-refractivity contribution in [1.82, 2.24) is 14.5 Å². The Labute approximate surface area is 114 Å². The van der Waals surface area contributed by atoms with E-state index in [4.69, 9.17) is 0 Å². The van der Waals surface area contributed by atoms with Crippen molar-refractivity contribution in [2.24, 2.45) is 0 Å². The molecule has 1 atom stereocenters. The Morgan fingerprint density at radius 1 is 1.42 bits per heavy atom. The molecule has 5 heteroatoms. The number of likely N-dealkylation sites (tertiary alicyclic amines) is 1. The highest BCUT2D eigenvalue weighted by atomic mass is 16.1. The second-order valence-corrected chi connectivity index (χ2v) is 6.37. The van der Waals surface area contributed by atoms with Gasteiger partial charge in [0.25, 0.3) is 5.56 Å². The van der Waals surface area contributed by atoms with Crippen molar-refractivity contribution in [2.75, 3.05) is 25.5 Å². The molecule has 1 N–H and O–H groups in total. The third-order valence-electron chi connectivity index (χ3n) is 3.53. The van der Waals surface area contributed by atoms with Crippen LogP contribution in [0.5, 0.6) is 0 Å². The van der Waals surface area contributed by atoms with Crippen LogP contribution in [-0.2, 0) is 5.54 Å². The van der Waals surface area contributed by atoms with Crippen LogP contribution >= 0.6 is 0 Å². The number of hydrogen-bond donors (Lipinski definition) is 1. The van der Waals surface area contributed by atoms with Crippen molar-refractivity contribution in [3.8, 4) is 0 Å². The molecule has 0 amide bonds. The summed E-state index contributed by atoms with van der Waals surface area (Å²) in [5.41, 5.74) is -0.261. The van der Waals surface area contributed by atoms with Crippen LogP contribution in [-0.4, -0.2) is 40.6 Å². The molecule has 1 saturated heterocycles. The summed E-state index contributed by atoms with van der Waals surface area (Å²) in [6, 6.07) is 0.315. The van der Waals surface area contributed by atoms with Gasteiger partial charge in [0.1, 0.15) is 0 Å². The van der Waals surface area contributed by atoms with E-state index in [1.54, 1.807) is 17.0 Å². The highest BCUT2D eigenvalue weighted by Crippen LogP contribution is 2.13. The number of rotatable bonds is 2. The van der Waals surface area contributed by atoms with Gasteiger partial charge in [-0.2, -0.15) is 0 Å². The summed E-state index contributed by atoms with van der Waals surface area (Å²) in [5, 5.41) is 3.31. The van der Waals surface area contributed by atoms with Crippen LogP contribution in [0.2, 0.25) is 0 Å². The van der Waals surface area contributed by atoms with Gasteiger partial charge in [-0.15, -0.1) is 0 Å². The van der Waals surface area contributed by atoms with Crippen LogP contribution in [0.4, 0.5) is 5.82 Å². The molecule has 0 spiro atoms. The third kappa shape index (κ3) is 3.35. The zero-order chi connectivity index (χ0) is 14.0. The van der Waals surface area contributed by atoms with Crippen LogP contribution in [0.1, 0.15) is 33.6 Å². The number of aromatic nitrogens is 2. The van der Waals surface area contributed by atoms with E-state index in [0.717, 1.165) is 25.9 Å². The van der Waals surface area contributed by atoms with Crippen LogP contribution < -0.4 is 10.9 Å². The minimum absolute atomic E-state index is 0.0387. The zero-order valence-electron chi connectivity index (χ0n) is 12.3. The van der Waals surface area contributed by atoms with Gasteiger partial charge in [0, 0.05) is 30.5 Å². The molecular weight excluding hydrogens is 240 g/mol. The summed E-state index contributed by atoms with van der Waals surface area (Å²) in [5.74, 6) is 0.470. The van der Waals surface area contributed by atoms with Crippen LogP contribution in [0.15, 0.2) is 17.2 Å². The summed E-state index contributed by atoms with van der Waals surface area (Å²) < 4.78 is 1.73. The summed E-state index contributed by atoms with van der Waals surface area (Å²) in [7, 11) is 2.11. The first-order valence-electron chi connectivity index (χ1n) is 6.91. The third-order valence-corrected chi connectivity index (χ3v) is 3.53. The Morgan fingerprint density at radius 2 is 2.16 bits per heavy atom. The van der Waals surface area contributed by atoms with E-state index in [1.807, 2.05) is 20.8 Å². The molecule has 5 nitrogen and oxygen atoms in total. The van der Waals surface area contributed by atoms with Crippen LogP contribution in [0, 0.1) is 0 Å². The number of nitrogens with one attached hydrogen (secondary N) is 1. The fraction of sp³-hybridized carbons (Fsp3) is 0.714. The first-order valence-corrected chi connectivity index (χ1v) is 6.91. The smallest absolute Gasteiger partial charge is 0.293 e. The van der Waals surface area contributed by atoms with E-state index < -0.39 is 0 Å². The van der Waals surface area contributed by atoms with Gasteiger partial charge in [0.05, 0.1) is 0 Å². The predicted octanol–water partition coefficient (Wildman–Crippen LogP) is 1.50. The van der Waals surface area contributed by atoms with Crippen molar-refractivity contribution in [3.63, 3.8) is 0 Å². The van der Waals surface area contributed by atoms with Gasteiger partial charge in [-0.3, -0.25) is 4.79 Å². The minimum Gasteiger partial charge on any atom is -0.361 e. The molecule has 1 aromatic heterocycles. The maximum Gasteiger partial charge on any atom is 0.293 e. The molecule has 1 aromatic rings. The quantitative estimate of drug-likeness (QED) is 0.879. The molecular formula is C14H24N4O. The summed E-state index contributed by atoms with van der Waals surface area (Å²) in [6.07, 6.45) is 5.70. The van der Waals surface area contributed by atoms with Crippen molar-refractivity contribution in [2.45, 2.75) is 45.2 Å². The normalized spacial score (nSPS) is 21.4. The Hall–Kier alpha value is -1.36. The molecule has 1 aliphatic rings. The lowest BCUT2D eigenvalue weighted by atomic mass is 10.1. The zero-order valence-corrected chi connectivity index (χ0v) is 12.3. The highest BCUT2D eigenvalue weighted by Gasteiger charge is 2.21. The summed E-state index contributed by atoms with van der Waals surface area (Å²) in [6.45, 7) is 8.16. The van der Waals surface area contributed by atoms with Crippen molar-refractivity contribution in [1.29, 1.82) is 0 Å². The van der Waals surface area contributed by atoms with Crippen LogP contribution in [0.3, 0.4) is 0 Å². The van der Waals surface area contributed by atoms with E-state index in [-0.39, 0.29) is 11.1 Å². The Bertz CT molecular complexity index is 489. The SMILES string of the molecule is CN1CCCC(Nc2nccn(C(C)(C)C)c2=O)C1. The molecule has 0 aromatic carbocycles. The number of anilines is 1. The molecule has 0 saturated carbocycles. The van der Waals surface area contributed by atoms with Crippen molar-refractivity contribution in [3.05, 3.63) is 22.7 Å². The maximum absolute atomic E-state index is 12.4. The topological polar surface area (TPSA) is 50.2 Å². The average Bonchev–Trinajstić information content (AvgIpc) is 2.30. The van der Waals surface area contributed by atoms with E-state index >= 15 is 0 Å². The van der Waals surface area contributed by atoms with Gasteiger partial charge in [-0.25, -0.2) is 4.98 Å². The molecule has 1 fully saturated rings. The van der Waals surface area contributed by atoms with Gasteiger partial charge in [-0.05, 0) is 47.2 Å². The maximum atomic E-state index is 12.4. The Kier molecular flexibility index (Phi) is 3.94. The number of hydrogen-bond acceptors (Lipinski definition) is 4. The molecule has 1 aliphatic heterocycles. The lowest BCUT2D eigenvalue weighted by molar-refractivity contribution is 0.260. The number of nitrogens with zero attached hydrogens (tertiary/aromatic N) is 3. The number of piperidine rings is 1. The van der Waals surface area contributed by atoms with Gasteiger partial charge in [-0.1, -0.05) is 0 Å². The fourth-order valence-electron chi connectivity index (χ4n) is 2.52. The van der Waals surface area contributed by atoms with Gasteiger partial charge < -0.3 is 14.8 Å². The largest absolute Gasteiger partial charge is 0.361 e. The van der Waals surface area contributed by atoms with Crippen molar-refractivity contribution < 1.29 is 0 Å². The Balaban J connectivity index is 2.19. The molecule has 0 radical (unpaired) electrons. The van der Waals surface area contributed by atoms with Gasteiger partial charge in [0.15, 0.2) is 5.82 Å². The second-order valence-electron chi connectivity index (χ2n) is 6.37. The van der Waals surface area contributed by atoms with Crippen molar-refractivity contribution >= 4 is 5.82 Å². The minimum atomic E-state index is -0.222. The van der Waals surface area contributed by atoms with Crippen LogP contribution in [0.25, 0.3) is 0 Å². The van der Waals surface area contributed by atoms with E-state index in [1.165, 1.54) is 0 Å². The first kappa shape index (κ1) is 14.1. The number of likely N-dealkylation sites (N-methyl/N-ethyl adjacent to an activating group) is 1. The molecule has 2 heterocycles. The lowest BCUT2D eigenvalue weighted by Gasteiger charge is -2.30. The van der Waals surface area contributed by atoms with E-state index in [0.29, 0.717) is 11.9 Å². The molecule has 0 bridgehead atoms. The second kappa shape index (κ2) is 5.33. The summed E-state index contributed by atoms with van der Waals surface area (Å²) in [4.78, 5) is 18.9. The predicted molar refractivity (Wildman–Crippen MR) is 77.6 cm³/mol. The standard InChI is InChI=1S/C14H24N4O/c1-14(2,3)18-9-7-15-12(13(18)19)16-11-6-5-8-17(4)10-11/h7,9,11H,5-6,8,10H2,1-4H3,(H,15,16). The van der Waals surface area contributed by atoms with Gasteiger partial charge >= 0.3 is 0 Å². The fourth-order valence-corrected chi connectivity index (χ4v) is 2.52. The highest BCUT2D eigenvalue weighted by molar-refractivity contribution is 5.33. The average molecular weight is 264 g/mol. The first-order chi connectivity index (χ1) is 8.88. The van der Waals surface area contributed by atoms with E-state index in [2.05, 4.69) is 22.2 Å². The lowest BCUT2D eigenvalue weighted by Crippen LogP contribution is -2.42. The molecule has 1 unspecified atom stereocenters. The molecule has 2 rings (SSSR count). The monoisotopic (exact) mass is 264 g/mol. The summed E-state index contributed by atoms with van der Waals surface area (Å²) >= 11 is 0. The van der Waals surface area contributed by atoms with Gasteiger partial charge in [0.2, 0.25) is 0 Å². The molecule has 19 heavy (non-hydrogen) atoms. The van der Waals surface area contributed by atoms with E-state index in [9.17, 15) is 4.79 Å². The molecule has 0 aliphatic carbocycles.